The molecule has 1 aromatic heterocycles. The molecule has 0 aliphatic carbocycles. The molecule has 0 radical (unpaired) electrons. The number of nitrogens with one attached hydrogen (secondary N) is 2. The van der Waals surface area contributed by atoms with Crippen molar-refractivity contribution in [1.82, 2.24) is 10.3 Å². The maximum absolute atomic E-state index is 11.6. The first kappa shape index (κ1) is 20.6. The smallest absolute Gasteiger partial charge is 0.305 e. The number of aromatic amines is 1. The Balaban J connectivity index is 1.52. The number of thiazole rings is 1. The van der Waals surface area contributed by atoms with Crippen molar-refractivity contribution in [3.63, 3.8) is 0 Å². The molecular weight excluding hydrogens is 368 g/mol. The maximum atomic E-state index is 11.6. The number of hydrogen-bond acceptors (Lipinski definition) is 4. The van der Waals surface area contributed by atoms with Gasteiger partial charge >= 0.3 is 4.87 Å². The molecule has 0 saturated carbocycles. The Morgan fingerprint density at radius 3 is 2.68 bits per heavy atom. The summed E-state index contributed by atoms with van der Waals surface area (Å²) in [6.45, 7) is 8.28. The van der Waals surface area contributed by atoms with Gasteiger partial charge in [0.1, 0.15) is 5.75 Å². The summed E-state index contributed by atoms with van der Waals surface area (Å²) < 4.78 is 6.82. The average Bonchev–Trinajstić information content (AvgIpc) is 3.04. The summed E-state index contributed by atoms with van der Waals surface area (Å²) in [4.78, 5) is 14.5. The lowest BCUT2D eigenvalue weighted by Gasteiger charge is -2.27. The highest BCUT2D eigenvalue weighted by atomic mass is 32.1. The zero-order valence-electron chi connectivity index (χ0n) is 17.0. The molecule has 0 spiro atoms. The van der Waals surface area contributed by atoms with Crippen LogP contribution in [0.2, 0.25) is 0 Å². The minimum absolute atomic E-state index is 0.0102. The van der Waals surface area contributed by atoms with Gasteiger partial charge in [0, 0.05) is 5.54 Å². The summed E-state index contributed by atoms with van der Waals surface area (Å²) in [6.07, 6.45) is 4.09. The molecule has 4 nitrogen and oxygen atoms in total. The van der Waals surface area contributed by atoms with Crippen molar-refractivity contribution in [3.8, 4) is 5.75 Å². The molecule has 0 aliphatic rings. The van der Waals surface area contributed by atoms with E-state index in [1.54, 1.807) is 0 Å². The van der Waals surface area contributed by atoms with Gasteiger partial charge in [0.05, 0.1) is 16.8 Å². The summed E-state index contributed by atoms with van der Waals surface area (Å²) in [7, 11) is 0. The summed E-state index contributed by atoms with van der Waals surface area (Å²) >= 11 is 1.30. The molecule has 0 atom stereocenters. The van der Waals surface area contributed by atoms with Crippen molar-refractivity contribution < 1.29 is 4.74 Å². The minimum Gasteiger partial charge on any atom is -0.494 e. The SMILES string of the molecule is CCCCOc1ccc(CC(C)(C)NCCc2cccc3[nH]c(=O)sc23)cc1. The molecule has 3 rings (SSSR count). The van der Waals surface area contributed by atoms with Gasteiger partial charge in [-0.15, -0.1) is 0 Å². The number of H-pyrrole nitrogens is 1. The lowest BCUT2D eigenvalue weighted by Crippen LogP contribution is -2.42. The lowest BCUT2D eigenvalue weighted by atomic mass is 9.94. The number of unbranched alkanes of at least 4 members (excludes halogenated alkanes) is 1. The monoisotopic (exact) mass is 398 g/mol. The third-order valence-electron chi connectivity index (χ3n) is 4.86. The topological polar surface area (TPSA) is 54.1 Å². The first-order chi connectivity index (χ1) is 13.5. The van der Waals surface area contributed by atoms with Crippen LogP contribution in [-0.4, -0.2) is 23.7 Å². The van der Waals surface area contributed by atoms with Crippen molar-refractivity contribution in [2.75, 3.05) is 13.2 Å². The molecule has 2 N–H and O–H groups in total. The molecule has 28 heavy (non-hydrogen) atoms. The molecule has 0 bridgehead atoms. The van der Waals surface area contributed by atoms with Crippen molar-refractivity contribution in [2.24, 2.45) is 0 Å². The second-order valence-corrected chi connectivity index (χ2v) is 8.87. The van der Waals surface area contributed by atoms with E-state index < -0.39 is 0 Å². The Morgan fingerprint density at radius 2 is 1.93 bits per heavy atom. The molecule has 2 aromatic carbocycles. The van der Waals surface area contributed by atoms with Crippen LogP contribution < -0.4 is 14.9 Å². The van der Waals surface area contributed by atoms with Gasteiger partial charge in [0.2, 0.25) is 0 Å². The molecule has 0 fully saturated rings. The van der Waals surface area contributed by atoms with Gasteiger partial charge in [-0.25, -0.2) is 0 Å². The molecule has 1 heterocycles. The number of fused-ring (bicyclic) bond motifs is 1. The standard InChI is InChI=1S/C23H30N2O2S/c1-4-5-15-27-19-11-9-17(10-12-19)16-23(2,3)24-14-13-18-7-6-8-20-21(18)28-22(26)25-20/h6-12,24H,4-5,13-16H2,1-3H3,(H,25,26). The molecule has 3 aromatic rings. The van der Waals surface area contributed by atoms with Gasteiger partial charge in [0.15, 0.2) is 0 Å². The Hall–Kier alpha value is -2.11. The Labute approximate surface area is 171 Å². The van der Waals surface area contributed by atoms with Gasteiger partial charge < -0.3 is 15.0 Å². The lowest BCUT2D eigenvalue weighted by molar-refractivity contribution is 0.309. The number of rotatable bonds is 10. The molecule has 0 saturated heterocycles. The maximum Gasteiger partial charge on any atom is 0.305 e. The van der Waals surface area contributed by atoms with E-state index in [-0.39, 0.29) is 10.4 Å². The number of aromatic nitrogens is 1. The van der Waals surface area contributed by atoms with Gasteiger partial charge in [0.25, 0.3) is 0 Å². The zero-order chi connectivity index (χ0) is 20.0. The van der Waals surface area contributed by atoms with E-state index in [1.807, 2.05) is 12.1 Å². The van der Waals surface area contributed by atoms with Gasteiger partial charge in [-0.2, -0.15) is 0 Å². The van der Waals surface area contributed by atoms with E-state index in [2.05, 4.69) is 61.4 Å². The quantitative estimate of drug-likeness (QED) is 0.477. The normalized spacial score (nSPS) is 11.8. The van der Waals surface area contributed by atoms with Crippen LogP contribution in [0.4, 0.5) is 0 Å². The fourth-order valence-corrected chi connectivity index (χ4v) is 4.25. The average molecular weight is 399 g/mol. The summed E-state index contributed by atoms with van der Waals surface area (Å²) in [6, 6.07) is 14.5. The van der Waals surface area contributed by atoms with Crippen LogP contribution in [-0.2, 0) is 12.8 Å². The molecule has 5 heteroatoms. The van der Waals surface area contributed by atoms with E-state index in [0.29, 0.717) is 0 Å². The van der Waals surface area contributed by atoms with Gasteiger partial charge in [-0.1, -0.05) is 48.9 Å². The minimum atomic E-state index is -0.0102. The molecular formula is C23H30N2O2S. The Kier molecular flexibility index (Phi) is 6.92. The first-order valence-corrected chi connectivity index (χ1v) is 10.9. The molecule has 0 amide bonds. The number of hydrogen-bond donors (Lipinski definition) is 2. The molecule has 150 valence electrons. The number of benzene rings is 2. The number of ether oxygens (including phenoxy) is 1. The summed E-state index contributed by atoms with van der Waals surface area (Å²) in [5, 5.41) is 3.67. The fraction of sp³-hybridized carbons (Fsp3) is 0.435. The summed E-state index contributed by atoms with van der Waals surface area (Å²) in [5.41, 5.74) is 3.45. The van der Waals surface area contributed by atoms with Crippen molar-refractivity contribution in [2.45, 2.75) is 52.0 Å². The Morgan fingerprint density at radius 1 is 1.14 bits per heavy atom. The largest absolute Gasteiger partial charge is 0.494 e. The predicted molar refractivity (Wildman–Crippen MR) is 119 cm³/mol. The van der Waals surface area contributed by atoms with Crippen LogP contribution in [0.25, 0.3) is 10.2 Å². The second kappa shape index (κ2) is 9.39. The first-order valence-electron chi connectivity index (χ1n) is 10.0. The van der Waals surface area contributed by atoms with Crippen LogP contribution >= 0.6 is 11.3 Å². The van der Waals surface area contributed by atoms with Crippen LogP contribution in [0.15, 0.2) is 47.3 Å². The van der Waals surface area contributed by atoms with Gasteiger partial charge in [-0.05, 0) is 69.0 Å². The summed E-state index contributed by atoms with van der Waals surface area (Å²) in [5.74, 6) is 0.946. The molecule has 0 aliphatic heterocycles. The zero-order valence-corrected chi connectivity index (χ0v) is 17.8. The van der Waals surface area contributed by atoms with Crippen molar-refractivity contribution >= 4 is 21.6 Å². The van der Waals surface area contributed by atoms with Crippen LogP contribution in [0.5, 0.6) is 5.75 Å². The van der Waals surface area contributed by atoms with E-state index in [0.717, 1.165) is 54.8 Å². The van der Waals surface area contributed by atoms with Crippen molar-refractivity contribution in [3.05, 3.63) is 63.3 Å². The van der Waals surface area contributed by atoms with E-state index in [4.69, 9.17) is 4.74 Å². The third kappa shape index (κ3) is 5.69. The highest BCUT2D eigenvalue weighted by molar-refractivity contribution is 7.16. The van der Waals surface area contributed by atoms with Crippen LogP contribution in [0, 0.1) is 0 Å². The van der Waals surface area contributed by atoms with E-state index in [9.17, 15) is 4.79 Å². The highest BCUT2D eigenvalue weighted by Crippen LogP contribution is 2.21. The Bertz CT molecular complexity index is 941. The van der Waals surface area contributed by atoms with Crippen LogP contribution in [0.1, 0.15) is 44.7 Å². The predicted octanol–water partition coefficient (Wildman–Crippen LogP) is 4.92. The highest BCUT2D eigenvalue weighted by Gasteiger charge is 2.18. The molecule has 0 unspecified atom stereocenters. The second-order valence-electron chi connectivity index (χ2n) is 7.89. The van der Waals surface area contributed by atoms with Crippen LogP contribution in [0.3, 0.4) is 0 Å². The van der Waals surface area contributed by atoms with Crippen molar-refractivity contribution in [1.29, 1.82) is 0 Å². The van der Waals surface area contributed by atoms with E-state index in [1.165, 1.54) is 22.5 Å². The third-order valence-corrected chi connectivity index (χ3v) is 5.84. The van der Waals surface area contributed by atoms with Gasteiger partial charge in [-0.3, -0.25) is 4.79 Å². The fourth-order valence-electron chi connectivity index (χ4n) is 3.38. The van der Waals surface area contributed by atoms with E-state index >= 15 is 0 Å².